The molecule has 0 amide bonds. The van der Waals surface area contributed by atoms with E-state index in [2.05, 4.69) is 0 Å². The van der Waals surface area contributed by atoms with Crippen LogP contribution in [0.3, 0.4) is 0 Å². The summed E-state index contributed by atoms with van der Waals surface area (Å²) in [5.74, 6) is 0. The molecule has 0 aromatic rings. The van der Waals surface area contributed by atoms with Crippen LogP contribution in [0.5, 0.6) is 0 Å². The predicted octanol–water partition coefficient (Wildman–Crippen LogP) is -4.07. The van der Waals surface area contributed by atoms with Crippen LogP contribution >= 0.6 is 0 Å². The molecule has 0 aromatic heterocycles. The molecule has 4 nitrogen and oxygen atoms in total. The Morgan fingerprint density at radius 1 is 1.14 bits per heavy atom. The van der Waals surface area contributed by atoms with Crippen LogP contribution in [-0.4, -0.2) is 14.5 Å². The van der Waals surface area contributed by atoms with Crippen molar-refractivity contribution in [1.29, 1.82) is 0 Å². The van der Waals surface area contributed by atoms with Gasteiger partial charge in [-0.15, -0.1) is 0 Å². The van der Waals surface area contributed by atoms with Crippen molar-refractivity contribution in [3.05, 3.63) is 0 Å². The molecule has 1 radical (unpaired) electrons. The Morgan fingerprint density at radius 3 is 1.14 bits per heavy atom. The molecule has 0 heterocycles. The number of hydrogen-bond donors (Lipinski definition) is 0. The molecule has 41 valence electrons. The molecule has 0 N–H and O–H groups in total. The van der Waals surface area contributed by atoms with Crippen molar-refractivity contribution in [1.82, 2.24) is 0 Å². The summed E-state index contributed by atoms with van der Waals surface area (Å²) in [6.45, 7) is 0. The van der Waals surface area contributed by atoms with Crippen molar-refractivity contribution in [2.24, 2.45) is 0 Å². The molecular weight excluding hydrogens is 268 g/mol. The van der Waals surface area contributed by atoms with E-state index in [9.17, 15) is 0 Å². The minimum absolute atomic E-state index is 0. The monoisotopic (exact) mass is 266 g/mol. The second-order valence-corrected chi connectivity index (χ2v) is 2.32. The van der Waals surface area contributed by atoms with Crippen LogP contribution in [0.15, 0.2) is 0 Å². The average Bonchev–Trinajstić information content (AvgIpc) is 0.722. The zero-order chi connectivity index (χ0) is 4.50. The van der Waals surface area contributed by atoms with E-state index in [0.717, 1.165) is 0 Å². The summed E-state index contributed by atoms with van der Waals surface area (Å²) in [7, 11) is 0. The van der Waals surface area contributed by atoms with Crippen molar-refractivity contribution < 1.29 is 52.6 Å². The number of rotatable bonds is 0. The van der Waals surface area contributed by atoms with Crippen LogP contribution in [0.2, 0.25) is 0 Å². The van der Waals surface area contributed by atoms with E-state index in [0.29, 0.717) is 0 Å². The van der Waals surface area contributed by atoms with Crippen molar-refractivity contribution in [3.63, 3.8) is 0 Å². The fourth-order valence-electron chi connectivity index (χ4n) is 0. The second kappa shape index (κ2) is 5.52. The molecule has 0 rings (SSSR count). The first kappa shape index (κ1) is 15.8. The van der Waals surface area contributed by atoms with E-state index in [1.807, 2.05) is 0 Å². The van der Waals surface area contributed by atoms with Crippen molar-refractivity contribution >= 4 is 14.5 Å². The molecule has 0 saturated heterocycles. The van der Waals surface area contributed by atoms with Crippen LogP contribution < -0.4 is 12.3 Å². The average molecular weight is 268 g/mol. The second-order valence-electron chi connectivity index (χ2n) is 0.447. The van der Waals surface area contributed by atoms with E-state index in [-0.39, 0.29) is 36.5 Å². The minimum Gasteiger partial charge on any atom is 2.00 e. The van der Waals surface area contributed by atoms with Gasteiger partial charge in [0, 0.05) is 0 Å². The van der Waals surface area contributed by atoms with Crippen molar-refractivity contribution in [2.45, 2.75) is 0 Å². The molecule has 7 heteroatoms. The van der Waals surface area contributed by atoms with E-state index in [1.54, 1.807) is 0 Å². The van der Waals surface area contributed by atoms with Gasteiger partial charge in [-0.1, -0.05) is 0 Å². The maximum absolute atomic E-state index is 8.61. The van der Waals surface area contributed by atoms with Gasteiger partial charge in [-0.3, -0.25) is 0 Å². The van der Waals surface area contributed by atoms with Crippen molar-refractivity contribution in [3.8, 4) is 0 Å². The summed E-state index contributed by atoms with van der Waals surface area (Å²) in [4.78, 5) is 0. The summed E-state index contributed by atoms with van der Waals surface area (Å²) in [5, 5.41) is 0. The van der Waals surface area contributed by atoms with E-state index >= 15 is 0 Å². The van der Waals surface area contributed by atoms with Gasteiger partial charge in [0.05, 0.1) is 0 Å². The largest absolute Gasteiger partial charge is 2.00 e. The Kier molecular flexibility index (Phi) is 12.4. The van der Waals surface area contributed by atoms with Crippen LogP contribution in [0.25, 0.3) is 0 Å². The molecule has 0 aromatic carbocycles. The normalized spacial score (nSPS) is 8.43. The van der Waals surface area contributed by atoms with E-state index in [1.165, 1.54) is 0 Å². The fourth-order valence-corrected chi connectivity index (χ4v) is 0. The molecule has 0 saturated carbocycles. The standard InChI is InChI=1S/AsH3O4.Cu.Zn/c2-1(3,4)5;;/h(H3,2,3,4,5);;/q;2*+2/p-3. The molecule has 0 aliphatic rings. The third-order valence-corrected chi connectivity index (χ3v) is 0. The van der Waals surface area contributed by atoms with Gasteiger partial charge in [0.15, 0.2) is 0 Å². The zero-order valence-electron chi connectivity index (χ0n) is 3.09. The molecule has 0 bridgehead atoms. The quantitative estimate of drug-likeness (QED) is 0.418. The molecule has 0 aliphatic heterocycles. The predicted molar refractivity (Wildman–Crippen MR) is 6.44 cm³/mol. The molecule has 0 fully saturated rings. The summed E-state index contributed by atoms with van der Waals surface area (Å²) in [5.41, 5.74) is 0. The smallest absolute Gasteiger partial charge is 2.00 e. The summed E-state index contributed by atoms with van der Waals surface area (Å²) < 4.78 is 34.4. The maximum Gasteiger partial charge on any atom is 2.00 e. The zero-order valence-corrected chi connectivity index (χ0v) is 8.87. The first-order valence-electron chi connectivity index (χ1n) is 0.730. The van der Waals surface area contributed by atoms with Gasteiger partial charge in [-0.2, -0.15) is 0 Å². The van der Waals surface area contributed by atoms with Gasteiger partial charge >= 0.3 is 67.1 Å². The Bertz CT molecular complexity index is 57.8. The van der Waals surface area contributed by atoms with Crippen LogP contribution in [0.1, 0.15) is 0 Å². The summed E-state index contributed by atoms with van der Waals surface area (Å²) >= 11 is -5.88. The van der Waals surface area contributed by atoms with Crippen LogP contribution in [0, 0.1) is 0 Å². The molecular formula is AsCuO4Zn+. The van der Waals surface area contributed by atoms with Gasteiger partial charge in [0.25, 0.3) is 0 Å². The third-order valence-electron chi connectivity index (χ3n) is 0. The Hall–Kier alpha value is 1.38. The van der Waals surface area contributed by atoms with Crippen LogP contribution in [-0.2, 0) is 40.3 Å². The summed E-state index contributed by atoms with van der Waals surface area (Å²) in [6.07, 6.45) is 0. The van der Waals surface area contributed by atoms with Gasteiger partial charge < -0.3 is 0 Å². The third kappa shape index (κ3) is 112. The Morgan fingerprint density at radius 2 is 1.14 bits per heavy atom. The Labute approximate surface area is 66.9 Å². The van der Waals surface area contributed by atoms with Crippen molar-refractivity contribution in [2.75, 3.05) is 0 Å². The first-order chi connectivity index (χ1) is 2.00. The fraction of sp³-hybridized carbons (Fsp3) is 0. The minimum atomic E-state index is -5.88. The van der Waals surface area contributed by atoms with Crippen LogP contribution in [0.4, 0.5) is 0 Å². The van der Waals surface area contributed by atoms with Gasteiger partial charge in [-0.05, 0) is 0 Å². The SMILES string of the molecule is O=[As]([O-])([O-])[O-].[Cu+2].[Zn+2]. The molecule has 0 atom stereocenters. The maximum atomic E-state index is 8.61. The first-order valence-corrected chi connectivity index (χ1v) is 3.79. The van der Waals surface area contributed by atoms with E-state index < -0.39 is 14.5 Å². The molecule has 7 heavy (non-hydrogen) atoms. The van der Waals surface area contributed by atoms with Gasteiger partial charge in [0.1, 0.15) is 0 Å². The van der Waals surface area contributed by atoms with E-state index in [4.69, 9.17) is 16.0 Å². The summed E-state index contributed by atoms with van der Waals surface area (Å²) in [6, 6.07) is 0. The Balaban J connectivity index is -0.0000000800. The number of hydrogen-bond acceptors (Lipinski definition) is 4. The molecule has 0 spiro atoms. The molecule has 0 aliphatic carbocycles. The topological polar surface area (TPSA) is 86.2 Å². The van der Waals surface area contributed by atoms with Gasteiger partial charge in [-0.25, -0.2) is 0 Å². The van der Waals surface area contributed by atoms with Gasteiger partial charge in [0.2, 0.25) is 0 Å². The molecule has 0 unspecified atom stereocenters.